The summed E-state index contributed by atoms with van der Waals surface area (Å²) in [5, 5.41) is 0. The molecule has 7 rings (SSSR count). The van der Waals surface area contributed by atoms with Crippen LogP contribution in [0.15, 0.2) is 0 Å². The lowest BCUT2D eigenvalue weighted by atomic mass is 9.71. The average Bonchev–Trinajstić information content (AvgIpc) is 3.49. The number of likely N-dealkylation sites (tertiary alicyclic amines) is 2. The highest BCUT2D eigenvalue weighted by molar-refractivity contribution is 5.86. The van der Waals surface area contributed by atoms with Crippen molar-refractivity contribution in [1.29, 1.82) is 0 Å². The van der Waals surface area contributed by atoms with Crippen molar-refractivity contribution < 1.29 is 9.59 Å². The molecule has 0 spiro atoms. The van der Waals surface area contributed by atoms with Gasteiger partial charge in [-0.15, -0.1) is 0 Å². The summed E-state index contributed by atoms with van der Waals surface area (Å²) in [5.74, 6) is 0.917. The van der Waals surface area contributed by atoms with E-state index >= 15 is 0 Å². The van der Waals surface area contributed by atoms with Gasteiger partial charge in [0.15, 0.2) is 0 Å². The third kappa shape index (κ3) is 2.47. The Morgan fingerprint density at radius 2 is 0.935 bits per heavy atom. The van der Waals surface area contributed by atoms with Crippen LogP contribution < -0.4 is 0 Å². The highest BCUT2D eigenvalue weighted by Crippen LogP contribution is 2.63. The molecule has 4 bridgehead atoms. The molecule has 6 nitrogen and oxygen atoms in total. The van der Waals surface area contributed by atoms with Crippen molar-refractivity contribution >= 4 is 11.8 Å². The summed E-state index contributed by atoms with van der Waals surface area (Å²) in [7, 11) is 0. The Hall–Kier alpha value is -1.14. The molecular weight excluding hydrogens is 388 g/mol. The van der Waals surface area contributed by atoms with Crippen molar-refractivity contribution in [2.45, 2.75) is 57.8 Å². The largest absolute Gasteiger partial charge is 0.341 e. The second-order valence-corrected chi connectivity index (χ2v) is 12.6. The monoisotopic (exact) mass is 426 g/mol. The average molecular weight is 427 g/mol. The van der Waals surface area contributed by atoms with E-state index in [1.54, 1.807) is 0 Å². The lowest BCUT2D eigenvalue weighted by Gasteiger charge is -2.39. The van der Waals surface area contributed by atoms with E-state index in [0.717, 1.165) is 78.0 Å². The van der Waals surface area contributed by atoms with Crippen molar-refractivity contribution in [3.8, 4) is 0 Å². The predicted molar refractivity (Wildman–Crippen MR) is 117 cm³/mol. The maximum Gasteiger partial charge on any atom is 0.230 e. The van der Waals surface area contributed by atoms with Crippen molar-refractivity contribution in [2.24, 2.45) is 21.7 Å². The maximum absolute atomic E-state index is 13.8. The van der Waals surface area contributed by atoms with Gasteiger partial charge in [-0.2, -0.15) is 0 Å². The van der Waals surface area contributed by atoms with Gasteiger partial charge in [0.2, 0.25) is 11.8 Å². The number of carbonyl (C=O) groups excluding carboxylic acids is 2. The lowest BCUT2D eigenvalue weighted by molar-refractivity contribution is -0.144. The van der Waals surface area contributed by atoms with E-state index in [-0.39, 0.29) is 21.7 Å². The SMILES string of the molecule is O=C(N1CC23CCCC2(C1)CN(C(=O)C12CCCN(CC1)C2)C3)C12CCCN(CC1)C2. The topological polar surface area (TPSA) is 47.1 Å². The predicted octanol–water partition coefficient (Wildman–Crippen LogP) is 1.80. The van der Waals surface area contributed by atoms with E-state index in [4.69, 9.17) is 0 Å². The van der Waals surface area contributed by atoms with Gasteiger partial charge >= 0.3 is 0 Å². The number of hydrogen-bond acceptors (Lipinski definition) is 4. The van der Waals surface area contributed by atoms with Gasteiger partial charge in [0.25, 0.3) is 0 Å². The van der Waals surface area contributed by atoms with Gasteiger partial charge in [0, 0.05) is 50.1 Å². The first-order chi connectivity index (χ1) is 15.0. The minimum atomic E-state index is -0.0949. The number of piperidine rings is 2. The maximum atomic E-state index is 13.8. The van der Waals surface area contributed by atoms with E-state index in [1.807, 2.05) is 0 Å². The van der Waals surface area contributed by atoms with E-state index < -0.39 is 0 Å². The summed E-state index contributed by atoms with van der Waals surface area (Å²) < 4.78 is 0. The zero-order valence-corrected chi connectivity index (χ0v) is 19.0. The van der Waals surface area contributed by atoms with Crippen LogP contribution in [0.2, 0.25) is 0 Å². The molecule has 170 valence electrons. The Morgan fingerprint density at radius 3 is 1.39 bits per heavy atom. The fraction of sp³-hybridized carbons (Fsp3) is 0.920. The minimum absolute atomic E-state index is 0.0949. The highest BCUT2D eigenvalue weighted by atomic mass is 16.2. The molecule has 0 aromatic carbocycles. The van der Waals surface area contributed by atoms with Gasteiger partial charge in [0.05, 0.1) is 10.8 Å². The van der Waals surface area contributed by atoms with Gasteiger partial charge < -0.3 is 19.6 Å². The smallest absolute Gasteiger partial charge is 0.230 e. The molecule has 1 aliphatic carbocycles. The van der Waals surface area contributed by atoms with Gasteiger partial charge in [0.1, 0.15) is 0 Å². The molecule has 0 aromatic heterocycles. The molecule has 1 saturated carbocycles. The quantitative estimate of drug-likeness (QED) is 0.676. The molecule has 6 heterocycles. The summed E-state index contributed by atoms with van der Waals surface area (Å²) in [6.07, 6.45) is 10.3. The first-order valence-electron chi connectivity index (χ1n) is 13.0. The molecule has 7 fully saturated rings. The van der Waals surface area contributed by atoms with E-state index in [1.165, 1.54) is 45.2 Å². The number of hydrogen-bond donors (Lipinski definition) is 0. The first-order valence-corrected chi connectivity index (χ1v) is 13.0. The van der Waals surface area contributed by atoms with E-state index in [0.29, 0.717) is 11.8 Å². The number of fused-ring (bicyclic) bond motifs is 4. The van der Waals surface area contributed by atoms with Crippen molar-refractivity contribution in [2.75, 3.05) is 65.4 Å². The molecule has 0 radical (unpaired) electrons. The summed E-state index contributed by atoms with van der Waals surface area (Å²) in [5.41, 5.74) is 0.154. The lowest BCUT2D eigenvalue weighted by Crippen LogP contribution is -2.51. The second-order valence-electron chi connectivity index (χ2n) is 12.6. The summed E-state index contributed by atoms with van der Waals surface area (Å²) in [4.78, 5) is 37.2. The number of carbonyl (C=O) groups is 2. The molecule has 0 aromatic rings. The molecule has 0 N–H and O–H groups in total. The normalized spacial score (nSPS) is 50.1. The van der Waals surface area contributed by atoms with Crippen molar-refractivity contribution in [3.63, 3.8) is 0 Å². The van der Waals surface area contributed by atoms with Crippen LogP contribution in [0.4, 0.5) is 0 Å². The number of rotatable bonds is 2. The zero-order chi connectivity index (χ0) is 20.9. The fourth-order valence-electron chi connectivity index (χ4n) is 9.47. The van der Waals surface area contributed by atoms with Gasteiger partial charge in [-0.25, -0.2) is 0 Å². The Labute approximate surface area is 186 Å². The Morgan fingerprint density at radius 1 is 0.484 bits per heavy atom. The first kappa shape index (κ1) is 19.3. The summed E-state index contributed by atoms with van der Waals surface area (Å²) >= 11 is 0. The van der Waals surface area contributed by atoms with Crippen molar-refractivity contribution in [3.05, 3.63) is 0 Å². The fourth-order valence-corrected chi connectivity index (χ4v) is 9.47. The van der Waals surface area contributed by atoms with Crippen LogP contribution in [-0.4, -0.2) is 96.9 Å². The van der Waals surface area contributed by atoms with Crippen LogP contribution in [0.25, 0.3) is 0 Å². The van der Waals surface area contributed by atoms with Crippen LogP contribution >= 0.6 is 0 Å². The number of nitrogens with zero attached hydrogens (tertiary/aromatic N) is 4. The van der Waals surface area contributed by atoms with Gasteiger partial charge in [-0.1, -0.05) is 6.42 Å². The van der Waals surface area contributed by atoms with Crippen LogP contribution in [0.1, 0.15) is 57.8 Å². The van der Waals surface area contributed by atoms with E-state index in [2.05, 4.69) is 19.6 Å². The van der Waals surface area contributed by atoms with Crippen molar-refractivity contribution in [1.82, 2.24) is 19.6 Å². The molecule has 6 aliphatic heterocycles. The van der Waals surface area contributed by atoms with Crippen LogP contribution in [0.3, 0.4) is 0 Å². The standard InChI is InChI=1S/C25H38N4O2/c30-20(22-4-2-10-26(14-22)12-8-22)28-16-24-6-1-7-25(24,17-28)19-29(18-24)21(31)23-5-3-11-27(15-23)13-9-23/h1-19H2. The molecule has 6 heteroatoms. The minimum Gasteiger partial charge on any atom is -0.341 e. The van der Waals surface area contributed by atoms with Crippen LogP contribution in [0, 0.1) is 21.7 Å². The molecule has 4 unspecified atom stereocenters. The highest BCUT2D eigenvalue weighted by Gasteiger charge is 2.68. The molecular formula is C25H38N4O2. The van der Waals surface area contributed by atoms with Crippen LogP contribution in [0.5, 0.6) is 0 Å². The summed E-state index contributed by atoms with van der Waals surface area (Å²) in [6, 6.07) is 0. The molecule has 4 atom stereocenters. The third-order valence-electron chi connectivity index (χ3n) is 11.0. The zero-order valence-electron chi connectivity index (χ0n) is 19.0. The Bertz CT molecular complexity index is 742. The molecule has 6 saturated heterocycles. The van der Waals surface area contributed by atoms with E-state index in [9.17, 15) is 9.59 Å². The van der Waals surface area contributed by atoms with Crippen LogP contribution in [-0.2, 0) is 9.59 Å². The Balaban J connectivity index is 1.12. The molecule has 2 amide bonds. The van der Waals surface area contributed by atoms with Gasteiger partial charge in [-0.3, -0.25) is 9.59 Å². The van der Waals surface area contributed by atoms with Gasteiger partial charge in [-0.05, 0) is 77.5 Å². The molecule has 7 aliphatic rings. The third-order valence-corrected chi connectivity index (χ3v) is 11.0. The number of amides is 2. The molecule has 31 heavy (non-hydrogen) atoms. The summed E-state index contributed by atoms with van der Waals surface area (Å²) in [6.45, 7) is 10.2. The second kappa shape index (κ2) is 6.25. The Kier molecular flexibility index (Phi) is 3.90.